The first-order chi connectivity index (χ1) is 11.3. The number of carbonyl (C=O) groups is 1. The number of benzene rings is 2. The molecule has 0 bridgehead atoms. The minimum Gasteiger partial charge on any atom is -0.497 e. The zero-order valence-electron chi connectivity index (χ0n) is 13.7. The molecule has 0 atom stereocenters. The van der Waals surface area contributed by atoms with Gasteiger partial charge in [-0.15, -0.1) is 0 Å². The first kappa shape index (κ1) is 17.8. The molecule has 2 rings (SSSR count). The topological polar surface area (TPSA) is 83.9 Å². The van der Waals surface area contributed by atoms with E-state index in [1.165, 1.54) is 25.3 Å². The highest BCUT2D eigenvalue weighted by Gasteiger charge is 2.27. The van der Waals surface area contributed by atoms with E-state index < -0.39 is 22.5 Å². The third-order valence-electron chi connectivity index (χ3n) is 3.71. The van der Waals surface area contributed by atoms with Gasteiger partial charge >= 0.3 is 5.97 Å². The van der Waals surface area contributed by atoms with Crippen LogP contribution >= 0.6 is 0 Å². The van der Waals surface area contributed by atoms with Crippen LogP contribution in [0.4, 0.5) is 5.69 Å². The Hall–Kier alpha value is -2.54. The zero-order valence-corrected chi connectivity index (χ0v) is 14.5. The number of hydrogen-bond acceptors (Lipinski definition) is 4. The third-order valence-corrected chi connectivity index (χ3v) is 5.48. The molecule has 2 aromatic rings. The van der Waals surface area contributed by atoms with Crippen molar-refractivity contribution in [1.29, 1.82) is 0 Å². The second kappa shape index (κ2) is 6.92. The molecule has 0 spiro atoms. The molecular weight excluding hydrogens is 330 g/mol. The van der Waals surface area contributed by atoms with Crippen LogP contribution in [-0.2, 0) is 14.8 Å². The number of anilines is 1. The summed E-state index contributed by atoms with van der Waals surface area (Å²) in [5.74, 6) is -0.684. The molecule has 0 fully saturated rings. The largest absolute Gasteiger partial charge is 0.497 e. The molecule has 0 aliphatic heterocycles. The maximum Gasteiger partial charge on any atom is 0.324 e. The van der Waals surface area contributed by atoms with E-state index >= 15 is 0 Å². The molecule has 0 aliphatic carbocycles. The fourth-order valence-corrected chi connectivity index (χ4v) is 3.69. The van der Waals surface area contributed by atoms with Crippen molar-refractivity contribution in [2.45, 2.75) is 18.7 Å². The van der Waals surface area contributed by atoms with Gasteiger partial charge in [0.25, 0.3) is 10.0 Å². The van der Waals surface area contributed by atoms with Gasteiger partial charge in [0.15, 0.2) is 0 Å². The van der Waals surface area contributed by atoms with Gasteiger partial charge in [-0.1, -0.05) is 6.07 Å². The van der Waals surface area contributed by atoms with E-state index in [0.717, 1.165) is 15.4 Å². The zero-order chi connectivity index (χ0) is 17.9. The third kappa shape index (κ3) is 3.68. The number of aryl methyl sites for hydroxylation is 2. The fourth-order valence-electron chi connectivity index (χ4n) is 2.19. The van der Waals surface area contributed by atoms with Crippen LogP contribution in [0.3, 0.4) is 0 Å². The molecule has 1 N–H and O–H groups in total. The summed E-state index contributed by atoms with van der Waals surface area (Å²) in [6.45, 7) is 3.02. The van der Waals surface area contributed by atoms with Gasteiger partial charge in [-0.3, -0.25) is 9.10 Å². The molecule has 2 aromatic carbocycles. The number of carboxylic acid groups (broad SMARTS) is 1. The van der Waals surface area contributed by atoms with Crippen molar-refractivity contribution in [1.82, 2.24) is 0 Å². The first-order valence-corrected chi connectivity index (χ1v) is 8.65. The second-order valence-corrected chi connectivity index (χ2v) is 7.21. The average Bonchev–Trinajstić information content (AvgIpc) is 2.55. The lowest BCUT2D eigenvalue weighted by Crippen LogP contribution is -2.35. The summed E-state index contributed by atoms with van der Waals surface area (Å²) in [6.07, 6.45) is 0. The quantitative estimate of drug-likeness (QED) is 0.866. The van der Waals surface area contributed by atoms with Crippen molar-refractivity contribution in [3.63, 3.8) is 0 Å². The van der Waals surface area contributed by atoms with Crippen LogP contribution in [-0.4, -0.2) is 33.1 Å². The van der Waals surface area contributed by atoms with Crippen LogP contribution < -0.4 is 9.04 Å². The fraction of sp³-hybridized carbons (Fsp3) is 0.235. The Labute approximate surface area is 141 Å². The normalized spacial score (nSPS) is 11.1. The van der Waals surface area contributed by atoms with E-state index in [1.807, 2.05) is 13.8 Å². The lowest BCUT2D eigenvalue weighted by molar-refractivity contribution is -0.135. The van der Waals surface area contributed by atoms with Crippen molar-refractivity contribution >= 4 is 21.7 Å². The van der Waals surface area contributed by atoms with Crippen LogP contribution in [0, 0.1) is 13.8 Å². The molecule has 0 heterocycles. The summed E-state index contributed by atoms with van der Waals surface area (Å²) in [6, 6.07) is 10.9. The van der Waals surface area contributed by atoms with E-state index in [2.05, 4.69) is 0 Å². The summed E-state index contributed by atoms with van der Waals surface area (Å²) in [7, 11) is -2.50. The van der Waals surface area contributed by atoms with E-state index in [4.69, 9.17) is 9.84 Å². The van der Waals surface area contributed by atoms with Gasteiger partial charge < -0.3 is 9.84 Å². The molecule has 128 valence electrons. The number of ether oxygens (including phenoxy) is 1. The molecule has 0 aromatic heterocycles. The summed E-state index contributed by atoms with van der Waals surface area (Å²) in [5, 5.41) is 9.12. The van der Waals surface area contributed by atoms with E-state index in [0.29, 0.717) is 5.75 Å². The molecule has 6 nitrogen and oxygen atoms in total. The van der Waals surface area contributed by atoms with Crippen LogP contribution in [0.15, 0.2) is 47.4 Å². The predicted molar refractivity (Wildman–Crippen MR) is 91.1 cm³/mol. The predicted octanol–water partition coefficient (Wildman–Crippen LogP) is 2.59. The molecule has 24 heavy (non-hydrogen) atoms. The van der Waals surface area contributed by atoms with Crippen LogP contribution in [0.5, 0.6) is 5.75 Å². The summed E-state index contributed by atoms with van der Waals surface area (Å²) in [5.41, 5.74) is 2.04. The molecule has 0 amide bonds. The standard InChI is InChI=1S/C17H19NO5S/c1-12-4-9-16(10-13(12)2)24(21,22)18(11-17(19)20)14-5-7-15(23-3)8-6-14/h4-10H,11H2,1-3H3,(H,19,20). The van der Waals surface area contributed by atoms with Gasteiger partial charge in [0.05, 0.1) is 17.7 Å². The summed E-state index contributed by atoms with van der Waals surface area (Å²) in [4.78, 5) is 11.2. The molecule has 0 unspecified atom stereocenters. The van der Waals surface area contributed by atoms with Gasteiger partial charge in [0.1, 0.15) is 12.3 Å². The smallest absolute Gasteiger partial charge is 0.324 e. The van der Waals surface area contributed by atoms with E-state index in [-0.39, 0.29) is 10.6 Å². The summed E-state index contributed by atoms with van der Waals surface area (Å²) >= 11 is 0. The molecule has 0 aliphatic rings. The summed E-state index contributed by atoms with van der Waals surface area (Å²) < 4.78 is 31.8. The van der Waals surface area contributed by atoms with Crippen LogP contribution in [0.1, 0.15) is 11.1 Å². The van der Waals surface area contributed by atoms with Crippen molar-refractivity contribution < 1.29 is 23.1 Å². The second-order valence-electron chi connectivity index (χ2n) is 5.35. The number of hydrogen-bond donors (Lipinski definition) is 1. The number of aliphatic carboxylic acids is 1. The molecule has 0 saturated heterocycles. The average molecular weight is 349 g/mol. The van der Waals surface area contributed by atoms with Gasteiger partial charge in [0, 0.05) is 0 Å². The van der Waals surface area contributed by atoms with Gasteiger partial charge in [-0.25, -0.2) is 8.42 Å². The number of sulfonamides is 1. The highest BCUT2D eigenvalue weighted by molar-refractivity contribution is 7.92. The molecule has 0 radical (unpaired) electrons. The lowest BCUT2D eigenvalue weighted by Gasteiger charge is -2.23. The molecule has 7 heteroatoms. The van der Waals surface area contributed by atoms with E-state index in [1.54, 1.807) is 24.3 Å². The van der Waals surface area contributed by atoms with E-state index in [9.17, 15) is 13.2 Å². The Bertz CT molecular complexity index is 844. The van der Waals surface area contributed by atoms with Crippen molar-refractivity contribution in [2.24, 2.45) is 0 Å². The Balaban J connectivity index is 2.52. The van der Waals surface area contributed by atoms with Crippen LogP contribution in [0.2, 0.25) is 0 Å². The lowest BCUT2D eigenvalue weighted by atomic mass is 10.1. The highest BCUT2D eigenvalue weighted by atomic mass is 32.2. The Morgan fingerprint density at radius 2 is 1.71 bits per heavy atom. The molecular formula is C17H19NO5S. The molecule has 0 saturated carbocycles. The number of nitrogens with zero attached hydrogens (tertiary/aromatic N) is 1. The maximum absolute atomic E-state index is 12.9. The van der Waals surface area contributed by atoms with Crippen molar-refractivity contribution in [3.8, 4) is 5.75 Å². The monoisotopic (exact) mass is 349 g/mol. The number of carboxylic acids is 1. The minimum atomic E-state index is -4.00. The van der Waals surface area contributed by atoms with Gasteiger partial charge in [-0.2, -0.15) is 0 Å². The number of methoxy groups -OCH3 is 1. The van der Waals surface area contributed by atoms with Gasteiger partial charge in [-0.05, 0) is 61.4 Å². The Morgan fingerprint density at radius 3 is 2.21 bits per heavy atom. The Kier molecular flexibility index (Phi) is 5.14. The minimum absolute atomic E-state index is 0.0580. The van der Waals surface area contributed by atoms with Crippen molar-refractivity contribution in [3.05, 3.63) is 53.6 Å². The van der Waals surface area contributed by atoms with Gasteiger partial charge in [0.2, 0.25) is 0 Å². The maximum atomic E-state index is 12.9. The number of rotatable bonds is 6. The van der Waals surface area contributed by atoms with Crippen LogP contribution in [0.25, 0.3) is 0 Å². The van der Waals surface area contributed by atoms with Crippen molar-refractivity contribution in [2.75, 3.05) is 18.0 Å². The SMILES string of the molecule is COc1ccc(N(CC(=O)O)S(=O)(=O)c2ccc(C)c(C)c2)cc1. The first-order valence-electron chi connectivity index (χ1n) is 7.21. The Morgan fingerprint density at radius 1 is 1.08 bits per heavy atom. The highest BCUT2D eigenvalue weighted by Crippen LogP contribution is 2.26.